The lowest BCUT2D eigenvalue weighted by atomic mass is 10.1. The summed E-state index contributed by atoms with van der Waals surface area (Å²) >= 11 is 1.52. The summed E-state index contributed by atoms with van der Waals surface area (Å²) < 4.78 is 0. The van der Waals surface area contributed by atoms with Gasteiger partial charge in [-0.05, 0) is 76.5 Å². The van der Waals surface area contributed by atoms with Crippen molar-refractivity contribution in [1.82, 2.24) is 26.6 Å². The maximum Gasteiger partial charge on any atom is 0.326 e. The molecule has 0 aromatic rings. The summed E-state index contributed by atoms with van der Waals surface area (Å²) in [4.78, 5) is 85.4. The lowest BCUT2D eigenvalue weighted by molar-refractivity contribution is -0.143. The second-order valence-electron chi connectivity index (χ2n) is 9.96. The van der Waals surface area contributed by atoms with Crippen LogP contribution in [0.2, 0.25) is 0 Å². The Morgan fingerprint density at radius 3 is 1.64 bits per heavy atom. The average molecular weight is 649 g/mol. The van der Waals surface area contributed by atoms with Crippen LogP contribution in [0.3, 0.4) is 0 Å². The van der Waals surface area contributed by atoms with Crippen LogP contribution in [0.25, 0.3) is 0 Å². The normalized spacial score (nSPS) is 13.5. The first-order chi connectivity index (χ1) is 20.9. The third-order valence-corrected chi connectivity index (χ3v) is 6.92. The molecule has 0 rings (SSSR count). The molecule has 0 heterocycles. The summed E-state index contributed by atoms with van der Waals surface area (Å²) in [5, 5.41) is 30.4. The van der Waals surface area contributed by atoms with Gasteiger partial charge in [0.25, 0.3) is 0 Å². The van der Waals surface area contributed by atoms with Crippen LogP contribution in [0.1, 0.15) is 57.8 Å². The predicted octanol–water partition coefficient (Wildman–Crippen LogP) is -3.04. The van der Waals surface area contributed by atoms with E-state index >= 15 is 0 Å². The Morgan fingerprint density at radius 1 is 0.659 bits per heavy atom. The molecule has 5 amide bonds. The van der Waals surface area contributed by atoms with Gasteiger partial charge in [-0.15, -0.1) is 0 Å². The summed E-state index contributed by atoms with van der Waals surface area (Å²) in [6.45, 7) is -0.357. The fourth-order valence-corrected chi connectivity index (χ4v) is 4.27. The molecule has 4 atom stereocenters. The molecule has 44 heavy (non-hydrogen) atoms. The van der Waals surface area contributed by atoms with E-state index in [-0.39, 0.29) is 19.3 Å². The van der Waals surface area contributed by atoms with E-state index in [1.807, 2.05) is 6.26 Å². The lowest BCUT2D eigenvalue weighted by Crippen LogP contribution is -2.54. The molecule has 0 saturated heterocycles. The highest BCUT2D eigenvalue weighted by atomic mass is 32.2. The van der Waals surface area contributed by atoms with E-state index in [9.17, 15) is 38.7 Å². The minimum atomic E-state index is -1.39. The molecule has 0 aromatic heterocycles. The van der Waals surface area contributed by atoms with Crippen molar-refractivity contribution in [1.29, 1.82) is 0 Å². The number of nitrogens with one attached hydrogen (secondary N) is 5. The number of aliphatic carboxylic acids is 2. The minimum Gasteiger partial charge on any atom is -0.481 e. The van der Waals surface area contributed by atoms with Gasteiger partial charge in [0.15, 0.2) is 0 Å². The zero-order valence-corrected chi connectivity index (χ0v) is 25.9. The van der Waals surface area contributed by atoms with Gasteiger partial charge in [0.2, 0.25) is 29.5 Å². The van der Waals surface area contributed by atoms with Crippen LogP contribution in [0, 0.1) is 0 Å². The Morgan fingerprint density at radius 2 is 1.16 bits per heavy atom. The van der Waals surface area contributed by atoms with Gasteiger partial charge in [-0.1, -0.05) is 0 Å². The highest BCUT2D eigenvalue weighted by Gasteiger charge is 2.28. The van der Waals surface area contributed by atoms with Crippen LogP contribution in [0.4, 0.5) is 0 Å². The molecule has 0 saturated carbocycles. The first kappa shape index (κ1) is 40.5. The number of hydrogen-bond donors (Lipinski definition) is 10. The van der Waals surface area contributed by atoms with Crippen LogP contribution < -0.4 is 43.8 Å². The van der Waals surface area contributed by atoms with Crippen LogP contribution in [0.15, 0.2) is 0 Å². The maximum atomic E-state index is 12.8. The molecule has 0 spiro atoms. The number of rotatable bonds is 25. The second-order valence-corrected chi connectivity index (χ2v) is 11.0. The lowest BCUT2D eigenvalue weighted by Gasteiger charge is -2.22. The summed E-state index contributed by atoms with van der Waals surface area (Å²) in [5.74, 6) is -5.50. The first-order valence-corrected chi connectivity index (χ1v) is 15.8. The molecule has 0 aliphatic heterocycles. The Bertz CT molecular complexity index is 956. The SMILES string of the molecule is CSCC[C@H](N)C(=O)NCC(=O)N[C@@H](CCCCN)C(=O)NCC(=O)N[C@@H](CCC(=O)O)C(=O)N[C@@H](CCCCN)C(=O)O. The highest BCUT2D eigenvalue weighted by Crippen LogP contribution is 2.05. The van der Waals surface area contributed by atoms with E-state index in [0.29, 0.717) is 50.9 Å². The Balaban J connectivity index is 5.23. The largest absolute Gasteiger partial charge is 0.481 e. The number of nitrogens with two attached hydrogens (primary N) is 3. The number of carboxylic acids is 2. The minimum absolute atomic E-state index is 0.0830. The molecule has 13 N–H and O–H groups in total. The molecule has 0 aliphatic carbocycles. The van der Waals surface area contributed by atoms with E-state index in [1.165, 1.54) is 11.8 Å². The third kappa shape index (κ3) is 18.9. The van der Waals surface area contributed by atoms with Crippen LogP contribution in [-0.4, -0.2) is 114 Å². The monoisotopic (exact) mass is 648 g/mol. The number of thioether (sulfide) groups is 1. The van der Waals surface area contributed by atoms with Crippen molar-refractivity contribution in [3.63, 3.8) is 0 Å². The van der Waals surface area contributed by atoms with Gasteiger partial charge in [0, 0.05) is 6.42 Å². The van der Waals surface area contributed by atoms with Gasteiger partial charge in [-0.3, -0.25) is 28.8 Å². The standard InChI is InChI=1S/C26H48N8O9S/c1-44-13-10-16(29)23(39)30-14-20(35)32-17(6-2-4-11-27)24(40)31-15-21(36)33-18(8-9-22(37)38)25(41)34-19(26(42)43)7-3-5-12-28/h16-19H,2-15,27-29H2,1H3,(H,30,39)(H,31,40)(H,32,35)(H,33,36)(H,34,41)(H,37,38)(H,42,43)/t16-,17-,18-,19-/m0/s1. The zero-order valence-electron chi connectivity index (χ0n) is 25.1. The predicted molar refractivity (Wildman–Crippen MR) is 163 cm³/mol. The number of unbranched alkanes of at least 4 members (excludes halogenated alkanes) is 2. The molecular weight excluding hydrogens is 600 g/mol. The number of carboxylic acid groups (broad SMARTS) is 2. The molecule has 0 radical (unpaired) electrons. The fraction of sp³-hybridized carbons (Fsp3) is 0.731. The van der Waals surface area contributed by atoms with Crippen LogP contribution in [0.5, 0.6) is 0 Å². The smallest absolute Gasteiger partial charge is 0.326 e. The van der Waals surface area contributed by atoms with Crippen molar-refractivity contribution >= 4 is 53.2 Å². The van der Waals surface area contributed by atoms with Gasteiger partial charge in [0.1, 0.15) is 18.1 Å². The number of carbonyl (C=O) groups is 7. The van der Waals surface area contributed by atoms with Crippen molar-refractivity contribution in [2.75, 3.05) is 38.2 Å². The second kappa shape index (κ2) is 23.9. The van der Waals surface area contributed by atoms with Gasteiger partial charge in [0.05, 0.1) is 19.1 Å². The van der Waals surface area contributed by atoms with Crippen LogP contribution in [-0.2, 0) is 33.6 Å². The zero-order chi connectivity index (χ0) is 33.5. The number of carbonyl (C=O) groups excluding carboxylic acids is 5. The van der Waals surface area contributed by atoms with Gasteiger partial charge in [-0.2, -0.15) is 11.8 Å². The van der Waals surface area contributed by atoms with E-state index in [0.717, 1.165) is 0 Å². The highest BCUT2D eigenvalue weighted by molar-refractivity contribution is 7.98. The summed E-state index contributed by atoms with van der Waals surface area (Å²) in [6.07, 6.45) is 3.72. The maximum absolute atomic E-state index is 12.8. The van der Waals surface area contributed by atoms with Crippen molar-refractivity contribution < 1.29 is 43.8 Å². The molecule has 252 valence electrons. The molecule has 18 heteroatoms. The molecule has 0 aliphatic rings. The van der Waals surface area contributed by atoms with Crippen molar-refractivity contribution in [3.8, 4) is 0 Å². The van der Waals surface area contributed by atoms with Crippen LogP contribution >= 0.6 is 11.8 Å². The average Bonchev–Trinajstić information content (AvgIpc) is 2.98. The van der Waals surface area contributed by atoms with Crippen molar-refractivity contribution in [2.24, 2.45) is 17.2 Å². The molecule has 0 bridgehead atoms. The molecule has 0 unspecified atom stereocenters. The molecule has 17 nitrogen and oxygen atoms in total. The molecule has 0 aromatic carbocycles. The van der Waals surface area contributed by atoms with Gasteiger partial charge in [-0.25, -0.2) is 4.79 Å². The Kier molecular flexibility index (Phi) is 22.0. The molecular formula is C26H48N8O9S. The number of hydrogen-bond acceptors (Lipinski definition) is 11. The quantitative estimate of drug-likeness (QED) is 0.0441. The summed E-state index contributed by atoms with van der Waals surface area (Å²) in [7, 11) is 0. The Hall–Kier alpha value is -3.48. The topological polar surface area (TPSA) is 298 Å². The van der Waals surface area contributed by atoms with Crippen molar-refractivity contribution in [2.45, 2.75) is 82.0 Å². The van der Waals surface area contributed by atoms with E-state index in [2.05, 4.69) is 26.6 Å². The molecule has 0 fully saturated rings. The fourth-order valence-electron chi connectivity index (χ4n) is 3.78. The van der Waals surface area contributed by atoms with Crippen molar-refractivity contribution in [3.05, 3.63) is 0 Å². The first-order valence-electron chi connectivity index (χ1n) is 14.4. The van der Waals surface area contributed by atoms with E-state index in [4.69, 9.17) is 22.3 Å². The van der Waals surface area contributed by atoms with Gasteiger partial charge < -0.3 is 54.0 Å². The summed E-state index contributed by atoms with van der Waals surface area (Å²) in [6, 6.07) is -4.52. The number of amides is 5. The van der Waals surface area contributed by atoms with Gasteiger partial charge >= 0.3 is 11.9 Å². The van der Waals surface area contributed by atoms with E-state index < -0.39 is 85.2 Å². The van der Waals surface area contributed by atoms with E-state index in [1.54, 1.807) is 0 Å². The third-order valence-electron chi connectivity index (χ3n) is 6.27. The Labute approximate surface area is 260 Å². The summed E-state index contributed by atoms with van der Waals surface area (Å²) in [5.41, 5.74) is 16.7.